The van der Waals surface area contributed by atoms with Crippen LogP contribution >= 0.6 is 11.6 Å². The van der Waals surface area contributed by atoms with Gasteiger partial charge >= 0.3 is 0 Å². The summed E-state index contributed by atoms with van der Waals surface area (Å²) in [6.45, 7) is 2.40. The van der Waals surface area contributed by atoms with Gasteiger partial charge in [-0.1, -0.05) is 30.9 Å². The monoisotopic (exact) mass is 547 g/mol. The summed E-state index contributed by atoms with van der Waals surface area (Å²) in [6.07, 6.45) is 4.41. The van der Waals surface area contributed by atoms with Crippen molar-refractivity contribution in [2.75, 3.05) is 13.1 Å². The Balaban J connectivity index is 1.57. The predicted octanol–water partition coefficient (Wildman–Crippen LogP) is 1.79. The van der Waals surface area contributed by atoms with Gasteiger partial charge in [0.05, 0.1) is 6.04 Å². The van der Waals surface area contributed by atoms with E-state index in [-0.39, 0.29) is 29.7 Å². The lowest BCUT2D eigenvalue weighted by Gasteiger charge is -2.49. The molecule has 0 radical (unpaired) electrons. The average Bonchev–Trinajstić information content (AvgIpc) is 2.84. The van der Waals surface area contributed by atoms with Crippen molar-refractivity contribution in [3.63, 3.8) is 0 Å². The fraction of sp³-hybridized carbons (Fsp3) is 0.556. The van der Waals surface area contributed by atoms with Gasteiger partial charge in [0.1, 0.15) is 28.9 Å². The van der Waals surface area contributed by atoms with Crippen LogP contribution in [0.15, 0.2) is 28.7 Å². The van der Waals surface area contributed by atoms with Gasteiger partial charge in [-0.05, 0) is 61.9 Å². The van der Waals surface area contributed by atoms with Gasteiger partial charge in [-0.2, -0.15) is 0 Å². The number of carbonyl (C=O) groups is 2. The number of halogens is 1. The summed E-state index contributed by atoms with van der Waals surface area (Å²) in [4.78, 5) is 26.9. The van der Waals surface area contributed by atoms with E-state index in [0.29, 0.717) is 17.1 Å². The van der Waals surface area contributed by atoms with E-state index in [9.17, 15) is 35.1 Å². The zero-order valence-electron chi connectivity index (χ0n) is 21.0. The molecule has 1 heterocycles. The molecule has 1 aromatic carbocycles. The molecular formula is C27H34ClN3O7. The molecule has 0 aromatic heterocycles. The SMILES string of the molecule is NC(=O)C1=C(O)[C@@]2(O)C(O)=C3C(O)c4c(O)cc(CN5CCCCCCC5)c(Cl)c4C[C@H]3C[C@H]2[C@H](N)C1=O. The third-order valence-corrected chi connectivity index (χ3v) is 9.27. The van der Waals surface area contributed by atoms with Crippen LogP contribution in [0.1, 0.15) is 61.3 Å². The summed E-state index contributed by atoms with van der Waals surface area (Å²) in [5.41, 5.74) is 9.22. The van der Waals surface area contributed by atoms with Gasteiger partial charge < -0.3 is 37.0 Å². The number of aromatic hydroxyl groups is 1. The van der Waals surface area contributed by atoms with E-state index in [2.05, 4.69) is 4.90 Å². The molecule has 5 rings (SSSR count). The summed E-state index contributed by atoms with van der Waals surface area (Å²) >= 11 is 6.86. The first-order chi connectivity index (χ1) is 18.0. The molecule has 1 aliphatic heterocycles. The van der Waals surface area contributed by atoms with E-state index >= 15 is 0 Å². The molecule has 3 aliphatic carbocycles. The Morgan fingerprint density at radius 2 is 1.74 bits per heavy atom. The number of primary amides is 1. The summed E-state index contributed by atoms with van der Waals surface area (Å²) in [7, 11) is 0. The normalized spacial score (nSPS) is 32.3. The highest BCUT2D eigenvalue weighted by Gasteiger charge is 2.61. The van der Waals surface area contributed by atoms with Crippen LogP contribution in [0.3, 0.4) is 0 Å². The molecule has 11 heteroatoms. The number of phenolic OH excluding ortho intramolecular Hbond substituents is 1. The number of rotatable bonds is 3. The molecule has 0 bridgehead atoms. The minimum Gasteiger partial charge on any atom is -0.509 e. The Morgan fingerprint density at radius 1 is 1.11 bits per heavy atom. The molecule has 1 fully saturated rings. The molecule has 1 aromatic rings. The van der Waals surface area contributed by atoms with Crippen molar-refractivity contribution in [2.24, 2.45) is 23.3 Å². The first kappa shape index (κ1) is 27.0. The Morgan fingerprint density at radius 3 is 2.37 bits per heavy atom. The molecule has 38 heavy (non-hydrogen) atoms. The van der Waals surface area contributed by atoms with Crippen molar-refractivity contribution in [3.05, 3.63) is 50.4 Å². The van der Waals surface area contributed by atoms with Crippen molar-refractivity contribution in [2.45, 2.75) is 69.2 Å². The van der Waals surface area contributed by atoms with Crippen molar-refractivity contribution >= 4 is 23.3 Å². The topological polar surface area (TPSA) is 191 Å². The van der Waals surface area contributed by atoms with Gasteiger partial charge in [0.25, 0.3) is 5.91 Å². The number of amides is 1. The number of aliphatic hydroxyl groups excluding tert-OH is 3. The van der Waals surface area contributed by atoms with Gasteiger partial charge in [0, 0.05) is 28.6 Å². The minimum atomic E-state index is -2.59. The van der Waals surface area contributed by atoms with Crippen LogP contribution in [-0.2, 0) is 22.6 Å². The third kappa shape index (κ3) is 4.01. The molecule has 0 spiro atoms. The standard InChI is InChI=1S/C27H34ClN3O7/c28-20-13(11-31-6-4-2-1-3-5-7-31)10-16(32)18-14(20)8-12-9-15-21(29)23(34)19(26(30)37)25(36)27(15,38)24(35)17(12)22(18)33/h10,12,15,21-22,32-33,35-36,38H,1-9,11,29H2,(H2,30,37)/t12-,15-,21-,22?,27-/m0/s1. The van der Waals surface area contributed by atoms with E-state index in [1.807, 2.05) is 0 Å². The number of fused-ring (bicyclic) bond motifs is 3. The lowest BCUT2D eigenvalue weighted by Crippen LogP contribution is -2.62. The van der Waals surface area contributed by atoms with Crippen molar-refractivity contribution in [3.8, 4) is 5.75 Å². The highest BCUT2D eigenvalue weighted by atomic mass is 35.5. The van der Waals surface area contributed by atoms with Crippen molar-refractivity contribution < 1.29 is 35.1 Å². The van der Waals surface area contributed by atoms with E-state index < -0.39 is 58.4 Å². The molecule has 10 nitrogen and oxygen atoms in total. The molecule has 1 amide bonds. The maximum Gasteiger partial charge on any atom is 0.255 e. The van der Waals surface area contributed by atoms with E-state index in [0.717, 1.165) is 31.5 Å². The molecule has 1 saturated heterocycles. The van der Waals surface area contributed by atoms with Crippen LogP contribution in [0.4, 0.5) is 0 Å². The van der Waals surface area contributed by atoms with Crippen LogP contribution in [0.2, 0.25) is 5.02 Å². The molecule has 5 atom stereocenters. The second-order valence-corrected chi connectivity index (χ2v) is 11.4. The van der Waals surface area contributed by atoms with E-state index in [1.165, 1.54) is 25.3 Å². The number of likely N-dealkylation sites (tertiary alicyclic amines) is 1. The number of carbonyl (C=O) groups excluding carboxylic acids is 2. The zero-order chi connectivity index (χ0) is 27.5. The zero-order valence-corrected chi connectivity index (χ0v) is 21.7. The number of phenols is 1. The van der Waals surface area contributed by atoms with Crippen LogP contribution < -0.4 is 11.5 Å². The Kier molecular flexibility index (Phi) is 6.98. The maximum absolute atomic E-state index is 12.7. The van der Waals surface area contributed by atoms with Crippen molar-refractivity contribution in [1.29, 1.82) is 0 Å². The molecule has 4 aliphatic rings. The smallest absolute Gasteiger partial charge is 0.255 e. The maximum atomic E-state index is 12.7. The summed E-state index contributed by atoms with van der Waals surface area (Å²) < 4.78 is 0. The molecular weight excluding hydrogens is 514 g/mol. The van der Waals surface area contributed by atoms with Gasteiger partial charge in [-0.3, -0.25) is 14.5 Å². The second-order valence-electron chi connectivity index (χ2n) is 11.0. The Hall–Kier alpha value is -2.63. The fourth-order valence-corrected chi connectivity index (χ4v) is 7.13. The Labute approximate surface area is 225 Å². The van der Waals surface area contributed by atoms with Crippen molar-refractivity contribution in [1.82, 2.24) is 4.90 Å². The van der Waals surface area contributed by atoms with Crippen LogP contribution in [-0.4, -0.2) is 66.9 Å². The number of nitrogens with two attached hydrogens (primary N) is 2. The summed E-state index contributed by atoms with van der Waals surface area (Å²) in [5.74, 6) is -6.09. The largest absolute Gasteiger partial charge is 0.509 e. The summed E-state index contributed by atoms with van der Waals surface area (Å²) in [6, 6.07) is 0.0992. The van der Waals surface area contributed by atoms with Crippen LogP contribution in [0, 0.1) is 11.8 Å². The van der Waals surface area contributed by atoms with Crippen LogP contribution in [0.5, 0.6) is 5.75 Å². The van der Waals surface area contributed by atoms with Crippen LogP contribution in [0.25, 0.3) is 0 Å². The lowest BCUT2D eigenvalue weighted by atomic mass is 9.59. The third-order valence-electron chi connectivity index (χ3n) is 8.80. The number of hydrogen-bond acceptors (Lipinski definition) is 9. The molecule has 0 saturated carbocycles. The number of hydrogen-bond donors (Lipinski definition) is 7. The average molecular weight is 548 g/mol. The quantitative estimate of drug-likeness (QED) is 0.276. The fourth-order valence-electron chi connectivity index (χ4n) is 6.83. The van der Waals surface area contributed by atoms with Gasteiger partial charge in [-0.15, -0.1) is 0 Å². The molecule has 9 N–H and O–H groups in total. The molecule has 206 valence electrons. The van der Waals surface area contributed by atoms with Gasteiger partial charge in [0.15, 0.2) is 11.4 Å². The highest BCUT2D eigenvalue weighted by Crippen LogP contribution is 2.56. The second kappa shape index (κ2) is 9.84. The first-order valence-electron chi connectivity index (χ1n) is 13.1. The predicted molar refractivity (Wildman–Crippen MR) is 138 cm³/mol. The van der Waals surface area contributed by atoms with E-state index in [4.69, 9.17) is 23.1 Å². The van der Waals surface area contributed by atoms with Gasteiger partial charge in [-0.25, -0.2) is 0 Å². The van der Waals surface area contributed by atoms with Gasteiger partial charge in [0.2, 0.25) is 0 Å². The summed E-state index contributed by atoms with van der Waals surface area (Å²) in [5, 5.41) is 56.2. The number of ketones is 1. The van der Waals surface area contributed by atoms with E-state index in [1.54, 1.807) is 0 Å². The molecule has 1 unspecified atom stereocenters. The lowest BCUT2D eigenvalue weighted by molar-refractivity contribution is -0.130. The first-order valence-corrected chi connectivity index (χ1v) is 13.5. The minimum absolute atomic E-state index is 0.00282. The highest BCUT2D eigenvalue weighted by molar-refractivity contribution is 6.32. The number of aliphatic hydroxyl groups is 4. The number of nitrogens with zero attached hydrogens (tertiary/aromatic N) is 1. The number of benzene rings is 1. The number of Topliss-reactive ketones (excluding diaryl/α,β-unsaturated/α-hetero) is 1. The Bertz CT molecular complexity index is 1250.